The van der Waals surface area contributed by atoms with Gasteiger partial charge in [0.1, 0.15) is 0 Å². The Labute approximate surface area is 128 Å². The lowest BCUT2D eigenvalue weighted by molar-refractivity contribution is -0.150. The maximum atomic E-state index is 12.3. The predicted molar refractivity (Wildman–Crippen MR) is 82.0 cm³/mol. The molecule has 1 aliphatic heterocycles. The first kappa shape index (κ1) is 15.3. The average molecular weight is 294 g/mol. The Bertz CT molecular complexity index is 333. The summed E-state index contributed by atoms with van der Waals surface area (Å²) in [5.74, 6) is 0.804. The third-order valence-corrected chi connectivity index (χ3v) is 5.55. The highest BCUT2D eigenvalue weighted by Gasteiger charge is 2.40. The van der Waals surface area contributed by atoms with Gasteiger partial charge in [-0.3, -0.25) is 4.79 Å². The number of fused-ring (bicyclic) bond motifs is 1. The number of ether oxygens (including phenoxy) is 2. The van der Waals surface area contributed by atoms with Gasteiger partial charge < -0.3 is 9.47 Å². The molecule has 3 heteroatoms. The molecule has 0 aromatic rings. The monoisotopic (exact) mass is 294 g/mol. The highest BCUT2D eigenvalue weighted by Crippen LogP contribution is 2.36. The molecule has 3 aliphatic rings. The summed E-state index contributed by atoms with van der Waals surface area (Å²) in [5.41, 5.74) is 0. The largest absolute Gasteiger partial charge is 0.465 e. The normalized spacial score (nSPS) is 34.8. The van der Waals surface area contributed by atoms with Gasteiger partial charge in [0.05, 0.1) is 24.7 Å². The van der Waals surface area contributed by atoms with Crippen LogP contribution in [0.15, 0.2) is 0 Å². The molecule has 0 amide bonds. The molecule has 0 N–H and O–H groups in total. The summed E-state index contributed by atoms with van der Waals surface area (Å²) < 4.78 is 11.3. The van der Waals surface area contributed by atoms with E-state index in [0.717, 1.165) is 32.1 Å². The first-order valence-electron chi connectivity index (χ1n) is 9.15. The summed E-state index contributed by atoms with van der Waals surface area (Å²) in [6.45, 7) is 0.665. The number of hydrogen-bond donors (Lipinski definition) is 0. The summed E-state index contributed by atoms with van der Waals surface area (Å²) in [6.07, 6.45) is 15.4. The van der Waals surface area contributed by atoms with Gasteiger partial charge in [-0.2, -0.15) is 0 Å². The van der Waals surface area contributed by atoms with E-state index in [1.807, 2.05) is 0 Å². The zero-order chi connectivity index (χ0) is 14.5. The van der Waals surface area contributed by atoms with E-state index in [1.165, 1.54) is 44.9 Å². The van der Waals surface area contributed by atoms with Gasteiger partial charge in [0.2, 0.25) is 0 Å². The maximum Gasteiger partial charge on any atom is 0.308 e. The second kappa shape index (κ2) is 7.62. The minimum absolute atomic E-state index is 0.0659. The third kappa shape index (κ3) is 4.70. The van der Waals surface area contributed by atoms with E-state index in [0.29, 0.717) is 24.7 Å². The first-order valence-corrected chi connectivity index (χ1v) is 9.15. The quantitative estimate of drug-likeness (QED) is 0.577. The summed E-state index contributed by atoms with van der Waals surface area (Å²) in [5, 5.41) is 0. The summed E-state index contributed by atoms with van der Waals surface area (Å²) >= 11 is 0. The van der Waals surface area contributed by atoms with Crippen LogP contribution in [-0.4, -0.2) is 24.8 Å². The molecule has 2 aliphatic carbocycles. The van der Waals surface area contributed by atoms with Gasteiger partial charge in [-0.15, -0.1) is 0 Å². The zero-order valence-electron chi connectivity index (χ0n) is 13.2. The zero-order valence-corrected chi connectivity index (χ0v) is 13.2. The molecular weight excluding hydrogens is 264 g/mol. The van der Waals surface area contributed by atoms with E-state index in [2.05, 4.69) is 0 Å². The van der Waals surface area contributed by atoms with Gasteiger partial charge in [-0.05, 0) is 50.9 Å². The summed E-state index contributed by atoms with van der Waals surface area (Å²) in [4.78, 5) is 12.3. The molecule has 0 aromatic heterocycles. The van der Waals surface area contributed by atoms with Crippen molar-refractivity contribution in [3.63, 3.8) is 0 Å². The fourth-order valence-corrected chi connectivity index (χ4v) is 4.02. The molecule has 0 radical (unpaired) electrons. The molecule has 3 rings (SSSR count). The Morgan fingerprint density at radius 3 is 2.33 bits per heavy atom. The molecule has 1 heterocycles. The Morgan fingerprint density at radius 1 is 0.810 bits per heavy atom. The van der Waals surface area contributed by atoms with E-state index in [4.69, 9.17) is 9.47 Å². The minimum atomic E-state index is 0.0659. The van der Waals surface area contributed by atoms with Crippen molar-refractivity contribution in [3.8, 4) is 0 Å². The van der Waals surface area contributed by atoms with Crippen LogP contribution in [0.25, 0.3) is 0 Å². The molecule has 120 valence electrons. The summed E-state index contributed by atoms with van der Waals surface area (Å²) in [7, 11) is 0. The van der Waals surface area contributed by atoms with Crippen LogP contribution in [0.3, 0.4) is 0 Å². The highest BCUT2D eigenvalue weighted by atomic mass is 16.6. The van der Waals surface area contributed by atoms with Crippen molar-refractivity contribution in [1.82, 2.24) is 0 Å². The topological polar surface area (TPSA) is 38.8 Å². The lowest BCUT2D eigenvalue weighted by Gasteiger charge is -2.22. The molecule has 1 saturated heterocycles. The van der Waals surface area contributed by atoms with E-state index in [-0.39, 0.29) is 11.9 Å². The molecule has 0 spiro atoms. The van der Waals surface area contributed by atoms with Crippen molar-refractivity contribution in [1.29, 1.82) is 0 Å². The minimum Gasteiger partial charge on any atom is -0.465 e. The van der Waals surface area contributed by atoms with Gasteiger partial charge in [-0.1, -0.05) is 32.1 Å². The van der Waals surface area contributed by atoms with E-state index < -0.39 is 0 Å². The Kier molecular flexibility index (Phi) is 5.56. The Hall–Kier alpha value is -0.570. The van der Waals surface area contributed by atoms with Crippen molar-refractivity contribution in [3.05, 3.63) is 0 Å². The van der Waals surface area contributed by atoms with Crippen molar-refractivity contribution >= 4 is 5.97 Å². The van der Waals surface area contributed by atoms with Crippen LogP contribution in [-0.2, 0) is 14.3 Å². The smallest absolute Gasteiger partial charge is 0.308 e. The van der Waals surface area contributed by atoms with Gasteiger partial charge in [-0.25, -0.2) is 0 Å². The second-order valence-corrected chi connectivity index (χ2v) is 7.26. The van der Waals surface area contributed by atoms with Crippen LogP contribution in [0.2, 0.25) is 0 Å². The molecule has 2 saturated carbocycles. The van der Waals surface area contributed by atoms with Gasteiger partial charge in [0, 0.05) is 0 Å². The Balaban J connectivity index is 1.39. The SMILES string of the molecule is O=C(OCC1CCCCCCC1)C1CCCC2OC2CC1. The maximum absolute atomic E-state index is 12.3. The van der Waals surface area contributed by atoms with Crippen LogP contribution < -0.4 is 0 Å². The predicted octanol–water partition coefficient (Wildman–Crippen LogP) is 4.24. The fraction of sp³-hybridized carbons (Fsp3) is 0.944. The molecule has 3 nitrogen and oxygen atoms in total. The number of hydrogen-bond acceptors (Lipinski definition) is 3. The standard InChI is InChI=1S/C18H30O3/c19-18(15-9-6-10-16-17(21-16)12-11-15)20-13-14-7-4-2-1-3-5-8-14/h14-17H,1-13H2. The lowest BCUT2D eigenvalue weighted by atomic mass is 9.90. The van der Waals surface area contributed by atoms with E-state index >= 15 is 0 Å². The summed E-state index contributed by atoms with van der Waals surface area (Å²) in [6, 6.07) is 0. The number of carbonyl (C=O) groups is 1. The van der Waals surface area contributed by atoms with Gasteiger partial charge in [0.15, 0.2) is 0 Å². The lowest BCUT2D eigenvalue weighted by Crippen LogP contribution is -2.23. The number of carbonyl (C=O) groups excluding carboxylic acids is 1. The van der Waals surface area contributed by atoms with Crippen LogP contribution in [0.1, 0.15) is 77.0 Å². The fourth-order valence-electron chi connectivity index (χ4n) is 4.02. The molecule has 21 heavy (non-hydrogen) atoms. The van der Waals surface area contributed by atoms with Gasteiger partial charge in [0.25, 0.3) is 0 Å². The number of esters is 1. The third-order valence-electron chi connectivity index (χ3n) is 5.55. The van der Waals surface area contributed by atoms with Crippen molar-refractivity contribution in [2.45, 2.75) is 89.3 Å². The van der Waals surface area contributed by atoms with Crippen molar-refractivity contribution in [2.24, 2.45) is 11.8 Å². The van der Waals surface area contributed by atoms with Crippen molar-refractivity contribution < 1.29 is 14.3 Å². The highest BCUT2D eigenvalue weighted by molar-refractivity contribution is 5.72. The van der Waals surface area contributed by atoms with E-state index in [1.54, 1.807) is 0 Å². The molecule has 3 atom stereocenters. The Morgan fingerprint density at radius 2 is 1.52 bits per heavy atom. The van der Waals surface area contributed by atoms with Gasteiger partial charge >= 0.3 is 5.97 Å². The number of rotatable bonds is 3. The van der Waals surface area contributed by atoms with Crippen LogP contribution >= 0.6 is 0 Å². The van der Waals surface area contributed by atoms with Crippen LogP contribution in [0.4, 0.5) is 0 Å². The van der Waals surface area contributed by atoms with Crippen LogP contribution in [0.5, 0.6) is 0 Å². The first-order chi connectivity index (χ1) is 10.3. The van der Waals surface area contributed by atoms with Crippen molar-refractivity contribution in [2.75, 3.05) is 6.61 Å². The molecule has 0 aromatic carbocycles. The van der Waals surface area contributed by atoms with Crippen LogP contribution in [0, 0.1) is 11.8 Å². The molecular formula is C18H30O3. The molecule has 0 bridgehead atoms. The average Bonchev–Trinajstić information content (AvgIpc) is 3.14. The molecule has 3 unspecified atom stereocenters. The molecule has 3 fully saturated rings. The van der Waals surface area contributed by atoms with E-state index in [9.17, 15) is 4.79 Å². The second-order valence-electron chi connectivity index (χ2n) is 7.26. The number of epoxide rings is 1.